The molecule has 0 aliphatic carbocycles. The maximum atomic E-state index is 12.7. The van der Waals surface area contributed by atoms with Gasteiger partial charge in [0.25, 0.3) is 5.91 Å². The lowest BCUT2D eigenvalue weighted by Crippen LogP contribution is -2.12. The van der Waals surface area contributed by atoms with Gasteiger partial charge in [0.15, 0.2) is 0 Å². The molecule has 4 aromatic rings. The van der Waals surface area contributed by atoms with Crippen molar-refractivity contribution in [2.75, 3.05) is 11.9 Å². The third-order valence-corrected chi connectivity index (χ3v) is 4.25. The summed E-state index contributed by atoms with van der Waals surface area (Å²) in [4.78, 5) is 20.6. The van der Waals surface area contributed by atoms with Crippen LogP contribution in [0.15, 0.2) is 72.8 Å². The topological polar surface area (TPSA) is 67.0 Å². The van der Waals surface area contributed by atoms with E-state index in [9.17, 15) is 4.79 Å². The first kappa shape index (κ1) is 16.8. The van der Waals surface area contributed by atoms with E-state index in [0.717, 1.165) is 28.2 Å². The van der Waals surface area contributed by atoms with Crippen molar-refractivity contribution in [1.82, 2.24) is 9.97 Å². The lowest BCUT2D eigenvalue weighted by molar-refractivity contribution is 0.102. The Hall–Kier alpha value is -3.60. The van der Waals surface area contributed by atoms with Gasteiger partial charge in [0.1, 0.15) is 11.6 Å². The summed E-state index contributed by atoms with van der Waals surface area (Å²) in [6, 6.07) is 22.6. The number of imidazole rings is 1. The maximum absolute atomic E-state index is 12.7. The van der Waals surface area contributed by atoms with Gasteiger partial charge in [-0.3, -0.25) is 4.79 Å². The number of fused-ring (bicyclic) bond motifs is 1. The third kappa shape index (κ3) is 3.53. The van der Waals surface area contributed by atoms with Crippen LogP contribution in [0.2, 0.25) is 0 Å². The second kappa shape index (κ2) is 7.33. The third-order valence-electron chi connectivity index (χ3n) is 4.25. The molecular weight excluding hydrogens is 338 g/mol. The Bertz CT molecular complexity index is 1050. The lowest BCUT2D eigenvalue weighted by Gasteiger charge is -2.10. The van der Waals surface area contributed by atoms with Gasteiger partial charge in [-0.1, -0.05) is 24.3 Å². The number of benzene rings is 3. The van der Waals surface area contributed by atoms with Crippen molar-refractivity contribution in [3.05, 3.63) is 78.4 Å². The molecule has 5 heteroatoms. The van der Waals surface area contributed by atoms with Gasteiger partial charge in [0.2, 0.25) is 0 Å². The number of hydrogen-bond acceptors (Lipinski definition) is 3. The first-order valence-corrected chi connectivity index (χ1v) is 8.83. The second-order valence-electron chi connectivity index (χ2n) is 6.06. The molecule has 2 N–H and O–H groups in total. The molecule has 0 spiro atoms. The fourth-order valence-electron chi connectivity index (χ4n) is 2.94. The van der Waals surface area contributed by atoms with Crippen LogP contribution in [0.4, 0.5) is 5.69 Å². The van der Waals surface area contributed by atoms with Gasteiger partial charge >= 0.3 is 0 Å². The van der Waals surface area contributed by atoms with E-state index in [-0.39, 0.29) is 5.91 Å². The summed E-state index contributed by atoms with van der Waals surface area (Å²) in [5, 5.41) is 2.98. The molecule has 134 valence electrons. The smallest absolute Gasteiger partial charge is 0.255 e. The Morgan fingerprint density at radius 3 is 2.52 bits per heavy atom. The van der Waals surface area contributed by atoms with Crippen LogP contribution in [0.1, 0.15) is 17.3 Å². The lowest BCUT2D eigenvalue weighted by atomic mass is 10.1. The number of amides is 1. The zero-order valence-corrected chi connectivity index (χ0v) is 14.9. The van der Waals surface area contributed by atoms with Crippen LogP contribution >= 0.6 is 0 Å². The largest absolute Gasteiger partial charge is 0.494 e. The highest BCUT2D eigenvalue weighted by molar-refractivity contribution is 6.06. The van der Waals surface area contributed by atoms with Crippen LogP contribution in [0.3, 0.4) is 0 Å². The van der Waals surface area contributed by atoms with Crippen LogP contribution in [-0.4, -0.2) is 22.5 Å². The number of carbonyl (C=O) groups excluding carboxylic acids is 1. The molecule has 0 radical (unpaired) electrons. The van der Waals surface area contributed by atoms with Crippen molar-refractivity contribution < 1.29 is 9.53 Å². The predicted octanol–water partition coefficient (Wildman–Crippen LogP) is 4.88. The number of ether oxygens (including phenoxy) is 1. The zero-order chi connectivity index (χ0) is 18.6. The predicted molar refractivity (Wildman–Crippen MR) is 107 cm³/mol. The number of aromatic amines is 1. The molecule has 1 aromatic heterocycles. The first-order chi connectivity index (χ1) is 13.2. The van der Waals surface area contributed by atoms with E-state index in [1.165, 1.54) is 0 Å². The summed E-state index contributed by atoms with van der Waals surface area (Å²) < 4.78 is 5.42. The molecule has 27 heavy (non-hydrogen) atoms. The maximum Gasteiger partial charge on any atom is 0.255 e. The summed E-state index contributed by atoms with van der Waals surface area (Å²) in [7, 11) is 0. The van der Waals surface area contributed by atoms with E-state index in [1.54, 1.807) is 24.3 Å². The summed E-state index contributed by atoms with van der Waals surface area (Å²) in [6.45, 7) is 2.52. The Kier molecular flexibility index (Phi) is 4.58. The first-order valence-electron chi connectivity index (χ1n) is 8.83. The number of nitrogens with zero attached hydrogens (tertiary/aromatic N) is 1. The average Bonchev–Trinajstić information content (AvgIpc) is 3.13. The average molecular weight is 357 g/mol. The highest BCUT2D eigenvalue weighted by atomic mass is 16.5. The quantitative estimate of drug-likeness (QED) is 0.535. The van der Waals surface area contributed by atoms with Crippen molar-refractivity contribution in [2.24, 2.45) is 0 Å². The Morgan fingerprint density at radius 1 is 1.00 bits per heavy atom. The summed E-state index contributed by atoms with van der Waals surface area (Å²) >= 11 is 0. The van der Waals surface area contributed by atoms with E-state index in [1.807, 2.05) is 55.5 Å². The van der Waals surface area contributed by atoms with Crippen molar-refractivity contribution in [2.45, 2.75) is 6.92 Å². The van der Waals surface area contributed by atoms with Crippen LogP contribution in [-0.2, 0) is 0 Å². The fraction of sp³-hybridized carbons (Fsp3) is 0.0909. The number of hydrogen-bond donors (Lipinski definition) is 2. The monoisotopic (exact) mass is 357 g/mol. The molecule has 4 rings (SSSR count). The van der Waals surface area contributed by atoms with Crippen molar-refractivity contribution in [3.8, 4) is 17.1 Å². The van der Waals surface area contributed by atoms with Gasteiger partial charge in [-0.2, -0.15) is 0 Å². The number of H-pyrrole nitrogens is 1. The van der Waals surface area contributed by atoms with Gasteiger partial charge in [-0.25, -0.2) is 4.98 Å². The minimum absolute atomic E-state index is 0.179. The molecule has 1 heterocycles. The molecule has 0 atom stereocenters. The fourth-order valence-corrected chi connectivity index (χ4v) is 2.94. The highest BCUT2D eigenvalue weighted by Gasteiger charge is 2.13. The Balaban J connectivity index is 1.62. The van der Waals surface area contributed by atoms with E-state index in [2.05, 4.69) is 15.3 Å². The SMILES string of the molecule is CCOc1ccc(C(=O)Nc2ccccc2-c2nc3ccccc3[nH]2)cc1. The second-order valence-corrected chi connectivity index (χ2v) is 6.06. The molecule has 0 fully saturated rings. The number of para-hydroxylation sites is 3. The number of rotatable bonds is 5. The number of nitrogens with one attached hydrogen (secondary N) is 2. The molecule has 5 nitrogen and oxygen atoms in total. The summed E-state index contributed by atoms with van der Waals surface area (Å²) in [5.41, 5.74) is 3.96. The molecule has 0 bridgehead atoms. The summed E-state index contributed by atoms with van der Waals surface area (Å²) in [5.74, 6) is 1.29. The molecule has 0 aliphatic heterocycles. The standard InChI is InChI=1S/C22H19N3O2/c1-2-27-16-13-11-15(12-14-16)22(26)25-18-8-4-3-7-17(18)21-23-19-9-5-6-10-20(19)24-21/h3-14H,2H2,1H3,(H,23,24)(H,25,26). The van der Waals surface area contributed by atoms with Gasteiger partial charge in [0, 0.05) is 11.1 Å². The van der Waals surface area contributed by atoms with Gasteiger partial charge in [-0.15, -0.1) is 0 Å². The summed E-state index contributed by atoms with van der Waals surface area (Å²) in [6.07, 6.45) is 0. The minimum atomic E-state index is -0.179. The molecule has 0 unspecified atom stereocenters. The van der Waals surface area contributed by atoms with Crippen LogP contribution in [0.5, 0.6) is 5.75 Å². The molecule has 3 aromatic carbocycles. The van der Waals surface area contributed by atoms with Gasteiger partial charge < -0.3 is 15.0 Å². The van der Waals surface area contributed by atoms with Crippen molar-refractivity contribution >= 4 is 22.6 Å². The minimum Gasteiger partial charge on any atom is -0.494 e. The van der Waals surface area contributed by atoms with Gasteiger partial charge in [-0.05, 0) is 55.5 Å². The molecule has 0 saturated heterocycles. The van der Waals surface area contributed by atoms with Crippen LogP contribution in [0.25, 0.3) is 22.4 Å². The van der Waals surface area contributed by atoms with E-state index < -0.39 is 0 Å². The Morgan fingerprint density at radius 2 is 1.74 bits per heavy atom. The number of carbonyl (C=O) groups is 1. The molecule has 1 amide bonds. The molecular formula is C22H19N3O2. The zero-order valence-electron chi connectivity index (χ0n) is 14.9. The number of anilines is 1. The van der Waals surface area contributed by atoms with Crippen molar-refractivity contribution in [3.63, 3.8) is 0 Å². The van der Waals surface area contributed by atoms with Crippen molar-refractivity contribution in [1.29, 1.82) is 0 Å². The van der Waals surface area contributed by atoms with E-state index in [4.69, 9.17) is 4.74 Å². The van der Waals surface area contributed by atoms with E-state index in [0.29, 0.717) is 17.9 Å². The molecule has 0 aliphatic rings. The highest BCUT2D eigenvalue weighted by Crippen LogP contribution is 2.28. The Labute approximate surface area is 157 Å². The van der Waals surface area contributed by atoms with Crippen LogP contribution in [0, 0.1) is 0 Å². The van der Waals surface area contributed by atoms with E-state index >= 15 is 0 Å². The molecule has 0 saturated carbocycles. The normalized spacial score (nSPS) is 10.7. The number of aromatic nitrogens is 2. The van der Waals surface area contributed by atoms with Crippen LogP contribution < -0.4 is 10.1 Å². The van der Waals surface area contributed by atoms with Gasteiger partial charge in [0.05, 0.1) is 23.3 Å².